The van der Waals surface area contributed by atoms with Gasteiger partial charge in [0, 0.05) is 45.2 Å². The van der Waals surface area contributed by atoms with Gasteiger partial charge in [-0.15, -0.1) is 0 Å². The minimum absolute atomic E-state index is 0.0436. The van der Waals surface area contributed by atoms with Crippen molar-refractivity contribution in [3.8, 4) is 10.6 Å². The quantitative estimate of drug-likeness (QED) is 0.183. The van der Waals surface area contributed by atoms with E-state index in [-0.39, 0.29) is 28.9 Å². The first-order valence-electron chi connectivity index (χ1n) is 12.6. The van der Waals surface area contributed by atoms with Crippen molar-refractivity contribution in [2.45, 2.75) is 44.1 Å². The molecule has 1 saturated heterocycles. The third kappa shape index (κ3) is 3.53. The molecule has 2 saturated carbocycles. The van der Waals surface area contributed by atoms with Crippen LogP contribution in [0, 0.1) is 25.7 Å². The van der Waals surface area contributed by atoms with E-state index in [0.29, 0.717) is 12.2 Å². The summed E-state index contributed by atoms with van der Waals surface area (Å²) in [6.45, 7) is 3.78. The molecule has 5 unspecified atom stereocenters. The summed E-state index contributed by atoms with van der Waals surface area (Å²) in [5.41, 5.74) is 1.93. The number of thiophene rings is 1. The Kier molecular flexibility index (Phi) is 5.19. The standard InChI is InChI=1S/C29H27O6S2/c1-16-11-19(36-23-9-5-3-7-20(23)21-8-4-6-10-24(21)36)12-17(2)27(16)33-15-26(30)34-28-18-13-22-25(14-18)37(31,32)35-29(22)28/h3-12,18,22,25,28-29H,13-15H2,1-2H3/q+1. The van der Waals surface area contributed by atoms with Crippen LogP contribution in [0.3, 0.4) is 0 Å². The van der Waals surface area contributed by atoms with Gasteiger partial charge in [-0.25, -0.2) is 4.79 Å². The van der Waals surface area contributed by atoms with E-state index in [9.17, 15) is 13.2 Å². The molecule has 0 N–H and O–H groups in total. The Balaban J connectivity index is 1.12. The lowest BCUT2D eigenvalue weighted by Gasteiger charge is -2.25. The maximum Gasteiger partial charge on any atom is 0.344 e. The van der Waals surface area contributed by atoms with Crippen LogP contribution >= 0.6 is 10.5 Å². The van der Waals surface area contributed by atoms with Crippen LogP contribution in [0.1, 0.15) is 24.0 Å². The third-order valence-electron chi connectivity index (χ3n) is 8.19. The monoisotopic (exact) mass is 535 g/mol. The molecular formula is C29H27O6S2+. The van der Waals surface area contributed by atoms with Crippen molar-refractivity contribution >= 4 is 46.7 Å². The van der Waals surface area contributed by atoms with Crippen LogP contribution < -0.4 is 4.74 Å². The maximum absolute atomic E-state index is 12.7. The fraction of sp³-hybridized carbons (Fsp3) is 0.345. The Morgan fingerprint density at radius 3 is 2.24 bits per heavy atom. The van der Waals surface area contributed by atoms with E-state index in [1.54, 1.807) is 0 Å². The molecule has 1 aliphatic heterocycles. The number of carbonyl (C=O) groups is 1. The van der Waals surface area contributed by atoms with Crippen molar-refractivity contribution in [3.63, 3.8) is 0 Å². The number of hydrogen-bond acceptors (Lipinski definition) is 6. The van der Waals surface area contributed by atoms with E-state index in [4.69, 9.17) is 13.7 Å². The predicted octanol–water partition coefficient (Wildman–Crippen LogP) is 5.78. The summed E-state index contributed by atoms with van der Waals surface area (Å²) in [4.78, 5) is 13.9. The highest BCUT2D eigenvalue weighted by atomic mass is 32.2. The van der Waals surface area contributed by atoms with Crippen LogP contribution in [0.2, 0.25) is 0 Å². The van der Waals surface area contributed by atoms with Gasteiger partial charge in [0.2, 0.25) is 0 Å². The fourth-order valence-corrected chi connectivity index (χ4v) is 11.2. The average molecular weight is 536 g/mol. The van der Waals surface area contributed by atoms with E-state index in [1.165, 1.54) is 25.1 Å². The van der Waals surface area contributed by atoms with Gasteiger partial charge >= 0.3 is 5.97 Å². The Hall–Kier alpha value is -2.94. The number of hydrogen-bond donors (Lipinski definition) is 0. The normalized spacial score (nSPS) is 27.2. The lowest BCUT2D eigenvalue weighted by Crippen LogP contribution is -2.38. The van der Waals surface area contributed by atoms with Crippen molar-refractivity contribution in [1.82, 2.24) is 0 Å². The predicted molar refractivity (Wildman–Crippen MR) is 144 cm³/mol. The van der Waals surface area contributed by atoms with E-state index in [1.807, 2.05) is 13.8 Å². The molecule has 1 aromatic heterocycles. The zero-order valence-corrected chi connectivity index (χ0v) is 22.2. The van der Waals surface area contributed by atoms with Crippen LogP contribution in [0.4, 0.5) is 0 Å². The number of fused-ring (bicyclic) bond motifs is 4. The first-order valence-corrected chi connectivity index (χ1v) is 15.3. The summed E-state index contributed by atoms with van der Waals surface area (Å²) in [5, 5.41) is 2.13. The van der Waals surface area contributed by atoms with Gasteiger partial charge in [-0.3, -0.25) is 4.18 Å². The second-order valence-corrected chi connectivity index (χ2v) is 14.2. The van der Waals surface area contributed by atoms with Crippen molar-refractivity contribution in [2.24, 2.45) is 11.8 Å². The molecule has 3 fully saturated rings. The summed E-state index contributed by atoms with van der Waals surface area (Å²) in [5.74, 6) is 0.169. The lowest BCUT2D eigenvalue weighted by atomic mass is 9.94. The molecule has 3 aromatic carbocycles. The Morgan fingerprint density at radius 1 is 0.973 bits per heavy atom. The molecule has 0 amide bonds. The summed E-state index contributed by atoms with van der Waals surface area (Å²) >= 11 is 0. The molecule has 5 atom stereocenters. The zero-order valence-electron chi connectivity index (χ0n) is 20.5. The molecule has 0 radical (unpaired) electrons. The summed E-state index contributed by atoms with van der Waals surface area (Å²) in [6.07, 6.45) is 0.193. The summed E-state index contributed by atoms with van der Waals surface area (Å²) < 4.78 is 44.0. The molecule has 6 nitrogen and oxygen atoms in total. The second kappa shape index (κ2) is 8.28. The molecule has 0 spiro atoms. The van der Waals surface area contributed by atoms with Crippen molar-refractivity contribution in [1.29, 1.82) is 0 Å². The number of esters is 1. The van der Waals surface area contributed by atoms with E-state index in [2.05, 4.69) is 60.7 Å². The molecule has 4 aromatic rings. The van der Waals surface area contributed by atoms with Gasteiger partial charge in [0.05, 0.1) is 5.25 Å². The highest BCUT2D eigenvalue weighted by molar-refractivity contribution is 7.87. The molecule has 8 heteroatoms. The van der Waals surface area contributed by atoms with Gasteiger partial charge in [-0.1, -0.05) is 24.3 Å². The van der Waals surface area contributed by atoms with Gasteiger partial charge in [-0.2, -0.15) is 8.42 Å². The Bertz CT molecular complexity index is 1610. The summed E-state index contributed by atoms with van der Waals surface area (Å²) in [7, 11) is -3.74. The molecule has 2 heterocycles. The molecule has 7 rings (SSSR count). The van der Waals surface area contributed by atoms with Crippen molar-refractivity contribution in [2.75, 3.05) is 6.61 Å². The molecule has 3 aliphatic rings. The average Bonchev–Trinajstić information content (AvgIpc) is 3.57. The van der Waals surface area contributed by atoms with Gasteiger partial charge in [0.15, 0.2) is 20.9 Å². The third-order valence-corrected chi connectivity index (χ3v) is 12.3. The number of aryl methyl sites for hydroxylation is 2. The maximum atomic E-state index is 12.7. The van der Waals surface area contributed by atoms with Gasteiger partial charge in [0.25, 0.3) is 10.1 Å². The van der Waals surface area contributed by atoms with Crippen LogP contribution in [0.5, 0.6) is 5.75 Å². The smallest absolute Gasteiger partial charge is 0.344 e. The Morgan fingerprint density at radius 2 is 1.59 bits per heavy atom. The number of carbonyl (C=O) groups excluding carboxylic acids is 1. The minimum Gasteiger partial charge on any atom is -0.481 e. The van der Waals surface area contributed by atoms with E-state index in [0.717, 1.165) is 17.5 Å². The largest absolute Gasteiger partial charge is 0.481 e. The fourth-order valence-electron chi connectivity index (χ4n) is 6.72. The molecule has 190 valence electrons. The van der Waals surface area contributed by atoms with E-state index >= 15 is 0 Å². The zero-order chi connectivity index (χ0) is 25.5. The van der Waals surface area contributed by atoms with Crippen molar-refractivity contribution < 1.29 is 26.9 Å². The number of benzene rings is 3. The first-order chi connectivity index (χ1) is 17.8. The van der Waals surface area contributed by atoms with Gasteiger partial charge in [0.1, 0.15) is 18.0 Å². The van der Waals surface area contributed by atoms with Crippen LogP contribution in [-0.2, 0) is 23.8 Å². The highest BCUT2D eigenvalue weighted by Crippen LogP contribution is 2.55. The lowest BCUT2D eigenvalue weighted by molar-refractivity contribution is -0.158. The Labute approximate surface area is 218 Å². The van der Waals surface area contributed by atoms with Crippen LogP contribution in [0.15, 0.2) is 60.7 Å². The highest BCUT2D eigenvalue weighted by Gasteiger charge is 2.65. The van der Waals surface area contributed by atoms with Crippen LogP contribution in [-0.4, -0.2) is 38.5 Å². The van der Waals surface area contributed by atoms with Crippen molar-refractivity contribution in [3.05, 3.63) is 71.8 Å². The van der Waals surface area contributed by atoms with Gasteiger partial charge in [-0.05, 0) is 62.1 Å². The number of rotatable bonds is 5. The molecular weight excluding hydrogens is 508 g/mol. The molecule has 37 heavy (non-hydrogen) atoms. The van der Waals surface area contributed by atoms with Gasteiger partial charge < -0.3 is 9.47 Å². The second-order valence-electron chi connectivity index (χ2n) is 10.4. The van der Waals surface area contributed by atoms with Crippen LogP contribution in [0.25, 0.3) is 25.1 Å². The summed E-state index contributed by atoms with van der Waals surface area (Å²) in [6, 6.07) is 21.5. The van der Waals surface area contributed by atoms with E-state index < -0.39 is 33.5 Å². The SMILES string of the molecule is Cc1cc(-[s+]2c3ccccc3c3ccccc32)cc(C)c1OCC(=O)OC1C2CC3C1OS(=O)(=O)C3C2. The first kappa shape index (κ1) is 23.2. The topological polar surface area (TPSA) is 78.9 Å². The molecule has 2 aliphatic carbocycles. The minimum atomic E-state index is -3.54. The molecule has 2 bridgehead atoms. The number of ether oxygens (including phenoxy) is 2.